The number of aryl methyl sites for hydroxylation is 1. The third kappa shape index (κ3) is 2.55. The SMILES string of the molecule is Cc1cc(C(=O)c2cc(F)ccc2Cl)ccc1Cl. The molecule has 0 saturated heterocycles. The maximum absolute atomic E-state index is 13.1. The average Bonchev–Trinajstić information content (AvgIpc) is 2.35. The molecule has 4 heteroatoms. The summed E-state index contributed by atoms with van der Waals surface area (Å²) in [6.07, 6.45) is 0. The van der Waals surface area contributed by atoms with Crippen LogP contribution in [0.2, 0.25) is 10.0 Å². The fraction of sp³-hybridized carbons (Fsp3) is 0.0714. The van der Waals surface area contributed by atoms with Gasteiger partial charge in [-0.1, -0.05) is 23.2 Å². The number of rotatable bonds is 2. The van der Waals surface area contributed by atoms with Gasteiger partial charge in [0.15, 0.2) is 5.78 Å². The fourth-order valence-corrected chi connectivity index (χ4v) is 1.93. The first-order valence-corrected chi connectivity index (χ1v) is 6.00. The summed E-state index contributed by atoms with van der Waals surface area (Å²) in [5.74, 6) is -0.812. The van der Waals surface area contributed by atoms with Crippen LogP contribution in [-0.4, -0.2) is 5.78 Å². The van der Waals surface area contributed by atoms with Crippen LogP contribution in [0.4, 0.5) is 4.39 Å². The van der Waals surface area contributed by atoms with Gasteiger partial charge in [0.05, 0.1) is 5.02 Å². The van der Waals surface area contributed by atoms with Crippen LogP contribution >= 0.6 is 23.2 Å². The van der Waals surface area contributed by atoms with Crippen LogP contribution in [0.5, 0.6) is 0 Å². The Morgan fingerprint density at radius 1 is 1.06 bits per heavy atom. The van der Waals surface area contributed by atoms with E-state index in [1.54, 1.807) is 25.1 Å². The summed E-state index contributed by atoms with van der Waals surface area (Å²) < 4.78 is 13.1. The quantitative estimate of drug-likeness (QED) is 0.732. The molecule has 92 valence electrons. The molecular formula is C14H9Cl2FO. The predicted octanol–water partition coefficient (Wildman–Crippen LogP) is 4.67. The highest BCUT2D eigenvalue weighted by atomic mass is 35.5. The van der Waals surface area contributed by atoms with Gasteiger partial charge >= 0.3 is 0 Å². The van der Waals surface area contributed by atoms with Crippen LogP contribution < -0.4 is 0 Å². The summed E-state index contributed by atoms with van der Waals surface area (Å²) in [7, 11) is 0. The van der Waals surface area contributed by atoms with Crippen molar-refractivity contribution in [3.8, 4) is 0 Å². The molecule has 0 aliphatic carbocycles. The van der Waals surface area contributed by atoms with Gasteiger partial charge in [0, 0.05) is 16.1 Å². The van der Waals surface area contributed by atoms with Crippen molar-refractivity contribution in [1.29, 1.82) is 0 Å². The van der Waals surface area contributed by atoms with Crippen LogP contribution in [0, 0.1) is 12.7 Å². The van der Waals surface area contributed by atoms with Gasteiger partial charge in [-0.05, 0) is 48.9 Å². The molecule has 18 heavy (non-hydrogen) atoms. The van der Waals surface area contributed by atoms with Crippen molar-refractivity contribution >= 4 is 29.0 Å². The van der Waals surface area contributed by atoms with E-state index in [1.807, 2.05) is 0 Å². The zero-order valence-electron chi connectivity index (χ0n) is 9.51. The van der Waals surface area contributed by atoms with E-state index in [0.29, 0.717) is 10.6 Å². The van der Waals surface area contributed by atoms with E-state index in [9.17, 15) is 9.18 Å². The first-order chi connectivity index (χ1) is 8.49. The normalized spacial score (nSPS) is 10.4. The molecule has 0 unspecified atom stereocenters. The fourth-order valence-electron chi connectivity index (χ4n) is 1.61. The number of carbonyl (C=O) groups is 1. The molecule has 0 fully saturated rings. The van der Waals surface area contributed by atoms with E-state index < -0.39 is 5.82 Å². The monoisotopic (exact) mass is 282 g/mol. The lowest BCUT2D eigenvalue weighted by Gasteiger charge is -2.05. The third-order valence-electron chi connectivity index (χ3n) is 2.59. The number of ketones is 1. The Hall–Kier alpha value is -1.38. The molecule has 2 rings (SSSR count). The Morgan fingerprint density at radius 2 is 1.72 bits per heavy atom. The summed E-state index contributed by atoms with van der Waals surface area (Å²) in [5.41, 5.74) is 1.37. The molecule has 0 atom stereocenters. The van der Waals surface area contributed by atoms with E-state index >= 15 is 0 Å². The van der Waals surface area contributed by atoms with Crippen LogP contribution in [0.15, 0.2) is 36.4 Å². The predicted molar refractivity (Wildman–Crippen MR) is 71.0 cm³/mol. The Labute approximate surface area is 114 Å². The van der Waals surface area contributed by atoms with Gasteiger partial charge in [0.1, 0.15) is 5.82 Å². The lowest BCUT2D eigenvalue weighted by atomic mass is 10.0. The second-order valence-electron chi connectivity index (χ2n) is 3.92. The second kappa shape index (κ2) is 5.09. The van der Waals surface area contributed by atoms with Crippen LogP contribution in [0.3, 0.4) is 0 Å². The van der Waals surface area contributed by atoms with Crippen molar-refractivity contribution in [2.24, 2.45) is 0 Å². The molecule has 0 bridgehead atoms. The summed E-state index contributed by atoms with van der Waals surface area (Å²) in [5, 5.41) is 0.811. The van der Waals surface area contributed by atoms with Crippen molar-refractivity contribution in [2.75, 3.05) is 0 Å². The van der Waals surface area contributed by atoms with E-state index in [2.05, 4.69) is 0 Å². The largest absolute Gasteiger partial charge is 0.289 e. The van der Waals surface area contributed by atoms with Crippen molar-refractivity contribution < 1.29 is 9.18 Å². The van der Waals surface area contributed by atoms with E-state index in [0.717, 1.165) is 11.6 Å². The van der Waals surface area contributed by atoms with Gasteiger partial charge in [-0.15, -0.1) is 0 Å². The highest BCUT2D eigenvalue weighted by Gasteiger charge is 2.14. The molecule has 0 aromatic heterocycles. The van der Waals surface area contributed by atoms with Crippen molar-refractivity contribution in [2.45, 2.75) is 6.92 Å². The number of hydrogen-bond donors (Lipinski definition) is 0. The van der Waals surface area contributed by atoms with E-state index in [1.165, 1.54) is 12.1 Å². The molecule has 0 radical (unpaired) electrons. The van der Waals surface area contributed by atoms with Gasteiger partial charge in [-0.3, -0.25) is 4.79 Å². The Balaban J connectivity index is 2.47. The maximum atomic E-state index is 13.1. The lowest BCUT2D eigenvalue weighted by Crippen LogP contribution is -2.03. The highest BCUT2D eigenvalue weighted by Crippen LogP contribution is 2.23. The average molecular weight is 283 g/mol. The molecule has 2 aromatic rings. The number of halogens is 3. The van der Waals surface area contributed by atoms with Gasteiger partial charge < -0.3 is 0 Å². The topological polar surface area (TPSA) is 17.1 Å². The molecule has 0 N–H and O–H groups in total. The Kier molecular flexibility index (Phi) is 3.69. The minimum Gasteiger partial charge on any atom is -0.289 e. The van der Waals surface area contributed by atoms with Crippen LogP contribution in [-0.2, 0) is 0 Å². The Morgan fingerprint density at radius 3 is 2.39 bits per heavy atom. The van der Waals surface area contributed by atoms with Crippen molar-refractivity contribution in [3.63, 3.8) is 0 Å². The first kappa shape index (κ1) is 13.1. The Bertz CT molecular complexity index is 623. The molecule has 2 aromatic carbocycles. The highest BCUT2D eigenvalue weighted by molar-refractivity contribution is 6.35. The summed E-state index contributed by atoms with van der Waals surface area (Å²) >= 11 is 11.8. The van der Waals surface area contributed by atoms with Gasteiger partial charge in [0.2, 0.25) is 0 Å². The second-order valence-corrected chi connectivity index (χ2v) is 4.73. The number of hydrogen-bond acceptors (Lipinski definition) is 1. The summed E-state index contributed by atoms with van der Waals surface area (Å²) in [6, 6.07) is 8.61. The number of benzene rings is 2. The zero-order chi connectivity index (χ0) is 13.3. The zero-order valence-corrected chi connectivity index (χ0v) is 11.0. The van der Waals surface area contributed by atoms with Gasteiger partial charge in [0.25, 0.3) is 0 Å². The molecule has 0 heterocycles. The third-order valence-corrected chi connectivity index (χ3v) is 3.35. The summed E-state index contributed by atoms with van der Waals surface area (Å²) in [6.45, 7) is 1.80. The maximum Gasteiger partial charge on any atom is 0.194 e. The van der Waals surface area contributed by atoms with Crippen molar-refractivity contribution in [1.82, 2.24) is 0 Å². The van der Waals surface area contributed by atoms with Crippen molar-refractivity contribution in [3.05, 3.63) is 69.0 Å². The molecular weight excluding hydrogens is 274 g/mol. The molecule has 0 saturated carbocycles. The molecule has 1 nitrogen and oxygen atoms in total. The molecule has 0 spiro atoms. The smallest absolute Gasteiger partial charge is 0.194 e. The minimum absolute atomic E-state index is 0.151. The van der Waals surface area contributed by atoms with Crippen LogP contribution in [0.1, 0.15) is 21.5 Å². The summed E-state index contributed by atoms with van der Waals surface area (Å²) in [4.78, 5) is 12.2. The van der Waals surface area contributed by atoms with E-state index in [4.69, 9.17) is 23.2 Å². The standard InChI is InChI=1S/C14H9Cl2FO/c1-8-6-9(2-4-12(8)15)14(18)11-7-10(17)3-5-13(11)16/h2-7H,1H3. The van der Waals surface area contributed by atoms with Crippen LogP contribution in [0.25, 0.3) is 0 Å². The first-order valence-electron chi connectivity index (χ1n) is 5.25. The minimum atomic E-state index is -0.492. The molecule has 0 aliphatic rings. The lowest BCUT2D eigenvalue weighted by molar-refractivity contribution is 0.103. The van der Waals surface area contributed by atoms with E-state index in [-0.39, 0.29) is 16.4 Å². The number of carbonyl (C=O) groups excluding carboxylic acids is 1. The molecule has 0 amide bonds. The van der Waals surface area contributed by atoms with Gasteiger partial charge in [-0.2, -0.15) is 0 Å². The molecule has 0 aliphatic heterocycles. The van der Waals surface area contributed by atoms with Gasteiger partial charge in [-0.25, -0.2) is 4.39 Å².